The number of sulfone groups is 1. The van der Waals surface area contributed by atoms with E-state index in [0.29, 0.717) is 17.3 Å². The molecule has 0 aliphatic heterocycles. The van der Waals surface area contributed by atoms with E-state index in [2.05, 4.69) is 0 Å². The molecule has 4 nitrogen and oxygen atoms in total. The van der Waals surface area contributed by atoms with Crippen LogP contribution < -0.4 is 4.90 Å². The molecule has 0 saturated carbocycles. The highest BCUT2D eigenvalue weighted by Gasteiger charge is 2.20. The monoisotopic (exact) mass is 369 g/mol. The predicted molar refractivity (Wildman–Crippen MR) is 92.5 cm³/mol. The Hall–Kier alpha value is -1.92. The molecule has 0 fully saturated rings. The van der Waals surface area contributed by atoms with Crippen LogP contribution in [-0.4, -0.2) is 26.6 Å². The molecule has 0 N–H and O–H groups in total. The lowest BCUT2D eigenvalue weighted by molar-refractivity contribution is -0.118. The van der Waals surface area contributed by atoms with Crippen LogP contribution in [0.2, 0.25) is 5.02 Å². The molecule has 128 valence electrons. The standard InChI is InChI=1S/C17H17ClFNO3S/c1-2-20(15-7-5-14(19)6-8-15)17(21)11-12-24(22,23)16-9-3-13(18)4-10-16/h3-10H,2,11-12H2,1H3. The van der Waals surface area contributed by atoms with Crippen LogP contribution in [0.25, 0.3) is 0 Å². The number of carbonyl (C=O) groups is 1. The Kier molecular flexibility index (Phi) is 5.96. The van der Waals surface area contributed by atoms with Gasteiger partial charge in [0.1, 0.15) is 5.82 Å². The normalized spacial score (nSPS) is 11.3. The van der Waals surface area contributed by atoms with Crippen molar-refractivity contribution in [2.24, 2.45) is 0 Å². The van der Waals surface area contributed by atoms with Crippen molar-refractivity contribution in [1.82, 2.24) is 0 Å². The first-order valence-electron chi connectivity index (χ1n) is 7.38. The summed E-state index contributed by atoms with van der Waals surface area (Å²) in [5, 5.41) is 0.443. The van der Waals surface area contributed by atoms with Crippen LogP contribution in [0.5, 0.6) is 0 Å². The summed E-state index contributed by atoms with van der Waals surface area (Å²) in [6.07, 6.45) is -0.157. The number of hydrogen-bond donors (Lipinski definition) is 0. The van der Waals surface area contributed by atoms with E-state index in [1.165, 1.54) is 53.4 Å². The summed E-state index contributed by atoms with van der Waals surface area (Å²) in [6, 6.07) is 11.3. The summed E-state index contributed by atoms with van der Waals surface area (Å²) in [5.41, 5.74) is 0.535. The molecule has 2 rings (SSSR count). The van der Waals surface area contributed by atoms with Crippen LogP contribution in [-0.2, 0) is 14.6 Å². The smallest absolute Gasteiger partial charge is 0.228 e. The Balaban J connectivity index is 2.07. The number of carbonyl (C=O) groups excluding carboxylic acids is 1. The highest BCUT2D eigenvalue weighted by atomic mass is 35.5. The van der Waals surface area contributed by atoms with E-state index in [0.717, 1.165) is 0 Å². The Bertz CT molecular complexity index is 805. The molecule has 2 aromatic rings. The molecular formula is C17H17ClFNO3S. The minimum absolute atomic E-state index is 0.129. The van der Waals surface area contributed by atoms with Crippen molar-refractivity contribution in [1.29, 1.82) is 0 Å². The van der Waals surface area contributed by atoms with Gasteiger partial charge in [0.25, 0.3) is 0 Å². The molecule has 7 heteroatoms. The largest absolute Gasteiger partial charge is 0.313 e. The van der Waals surface area contributed by atoms with Crippen molar-refractivity contribution in [3.63, 3.8) is 0 Å². The van der Waals surface area contributed by atoms with Gasteiger partial charge in [-0.3, -0.25) is 4.79 Å². The topological polar surface area (TPSA) is 54.5 Å². The maximum atomic E-state index is 13.0. The van der Waals surface area contributed by atoms with Crippen LogP contribution in [0.3, 0.4) is 0 Å². The summed E-state index contributed by atoms with van der Waals surface area (Å²) in [6.45, 7) is 2.14. The summed E-state index contributed by atoms with van der Waals surface area (Å²) in [4.78, 5) is 13.9. The third-order valence-electron chi connectivity index (χ3n) is 3.51. The van der Waals surface area contributed by atoms with Gasteiger partial charge in [0.15, 0.2) is 9.84 Å². The fourth-order valence-electron chi connectivity index (χ4n) is 2.24. The highest BCUT2D eigenvalue weighted by molar-refractivity contribution is 7.91. The van der Waals surface area contributed by atoms with Crippen LogP contribution in [0, 0.1) is 5.82 Å². The Morgan fingerprint density at radius 1 is 1.08 bits per heavy atom. The van der Waals surface area contributed by atoms with Gasteiger partial charge in [0.05, 0.1) is 10.6 Å². The molecule has 0 radical (unpaired) electrons. The van der Waals surface area contributed by atoms with Gasteiger partial charge in [-0.1, -0.05) is 11.6 Å². The summed E-state index contributed by atoms with van der Waals surface area (Å²) in [7, 11) is -3.57. The zero-order valence-electron chi connectivity index (χ0n) is 13.1. The van der Waals surface area contributed by atoms with Gasteiger partial charge in [-0.05, 0) is 55.5 Å². The van der Waals surface area contributed by atoms with E-state index in [-0.39, 0.29) is 23.0 Å². The van der Waals surface area contributed by atoms with Gasteiger partial charge in [0.2, 0.25) is 5.91 Å². The van der Waals surface area contributed by atoms with E-state index in [4.69, 9.17) is 11.6 Å². The van der Waals surface area contributed by atoms with Crippen LogP contribution in [0.4, 0.5) is 10.1 Å². The minimum atomic E-state index is -3.57. The molecule has 0 bridgehead atoms. The lowest BCUT2D eigenvalue weighted by Gasteiger charge is -2.21. The van der Waals surface area contributed by atoms with Crippen LogP contribution in [0.1, 0.15) is 13.3 Å². The summed E-state index contributed by atoms with van der Waals surface area (Å²) >= 11 is 5.75. The summed E-state index contributed by atoms with van der Waals surface area (Å²) < 4.78 is 37.5. The maximum absolute atomic E-state index is 13.0. The van der Waals surface area contributed by atoms with Gasteiger partial charge in [-0.15, -0.1) is 0 Å². The molecule has 0 aliphatic rings. The van der Waals surface area contributed by atoms with Gasteiger partial charge in [0, 0.05) is 23.7 Å². The van der Waals surface area contributed by atoms with Gasteiger partial charge in [-0.25, -0.2) is 12.8 Å². The minimum Gasteiger partial charge on any atom is -0.313 e. The van der Waals surface area contributed by atoms with Crippen molar-refractivity contribution in [2.45, 2.75) is 18.2 Å². The van der Waals surface area contributed by atoms with Crippen LogP contribution in [0.15, 0.2) is 53.4 Å². The third kappa shape index (κ3) is 4.55. The van der Waals surface area contributed by atoms with Crippen LogP contribution >= 0.6 is 11.6 Å². The number of amides is 1. The summed E-state index contributed by atoms with van der Waals surface area (Å²) in [5.74, 6) is -1.03. The molecular weight excluding hydrogens is 353 g/mol. The molecule has 0 atom stereocenters. The maximum Gasteiger partial charge on any atom is 0.228 e. The van der Waals surface area contributed by atoms with E-state index >= 15 is 0 Å². The molecule has 24 heavy (non-hydrogen) atoms. The molecule has 0 spiro atoms. The Morgan fingerprint density at radius 2 is 1.67 bits per heavy atom. The average Bonchev–Trinajstić information content (AvgIpc) is 2.56. The lowest BCUT2D eigenvalue weighted by atomic mass is 10.2. The molecule has 0 aromatic heterocycles. The van der Waals surface area contributed by atoms with E-state index in [9.17, 15) is 17.6 Å². The number of anilines is 1. The lowest BCUT2D eigenvalue weighted by Crippen LogP contribution is -2.32. The second-order valence-electron chi connectivity index (χ2n) is 5.14. The van der Waals surface area contributed by atoms with Crippen molar-refractivity contribution in [3.8, 4) is 0 Å². The first-order valence-corrected chi connectivity index (χ1v) is 9.41. The molecule has 0 heterocycles. The van der Waals surface area contributed by atoms with Crippen molar-refractivity contribution in [3.05, 3.63) is 59.4 Å². The van der Waals surface area contributed by atoms with Crippen molar-refractivity contribution < 1.29 is 17.6 Å². The second kappa shape index (κ2) is 7.77. The molecule has 1 amide bonds. The van der Waals surface area contributed by atoms with Gasteiger partial charge < -0.3 is 4.90 Å². The number of rotatable bonds is 6. The highest BCUT2D eigenvalue weighted by Crippen LogP contribution is 2.19. The van der Waals surface area contributed by atoms with Crippen molar-refractivity contribution in [2.75, 3.05) is 17.2 Å². The van der Waals surface area contributed by atoms with E-state index in [1.54, 1.807) is 6.92 Å². The first kappa shape index (κ1) is 18.4. The SMILES string of the molecule is CCN(C(=O)CCS(=O)(=O)c1ccc(Cl)cc1)c1ccc(F)cc1. The molecule has 0 saturated heterocycles. The van der Waals surface area contributed by atoms with Gasteiger partial charge >= 0.3 is 0 Å². The van der Waals surface area contributed by atoms with Crippen molar-refractivity contribution >= 4 is 33.0 Å². The molecule has 0 aliphatic carbocycles. The average molecular weight is 370 g/mol. The number of hydrogen-bond acceptors (Lipinski definition) is 3. The Morgan fingerprint density at radius 3 is 2.21 bits per heavy atom. The zero-order valence-corrected chi connectivity index (χ0v) is 14.6. The number of benzene rings is 2. The fraction of sp³-hybridized carbons (Fsp3) is 0.235. The molecule has 0 unspecified atom stereocenters. The fourth-order valence-corrected chi connectivity index (χ4v) is 3.60. The predicted octanol–water partition coefficient (Wildman–Crippen LogP) is 3.70. The van der Waals surface area contributed by atoms with E-state index in [1.807, 2.05) is 0 Å². The first-order chi connectivity index (χ1) is 11.3. The number of halogens is 2. The number of nitrogens with zero attached hydrogens (tertiary/aromatic N) is 1. The van der Waals surface area contributed by atoms with E-state index < -0.39 is 15.7 Å². The third-order valence-corrected chi connectivity index (χ3v) is 5.50. The second-order valence-corrected chi connectivity index (χ2v) is 7.68. The van der Waals surface area contributed by atoms with Gasteiger partial charge in [-0.2, -0.15) is 0 Å². The zero-order chi connectivity index (χ0) is 17.7. The molecule has 2 aromatic carbocycles. The quantitative estimate of drug-likeness (QED) is 0.780. The Labute approximate surface area is 145 Å².